The number of hydrogen-bond acceptors (Lipinski definition) is 1. The van der Waals surface area contributed by atoms with Crippen molar-refractivity contribution in [2.45, 2.75) is 0 Å². The lowest BCUT2D eigenvalue weighted by atomic mass is 10.0. The number of rotatable bonds is 3. The Labute approximate surface area is 117 Å². The van der Waals surface area contributed by atoms with Crippen LogP contribution in [0.5, 0.6) is 11.5 Å². The molecule has 0 atom stereocenters. The molecule has 1 nitrogen and oxygen atoms in total. The van der Waals surface area contributed by atoms with Crippen molar-refractivity contribution in [2.24, 2.45) is 0 Å². The lowest BCUT2D eigenvalue weighted by molar-refractivity contribution is 0.484. The van der Waals surface area contributed by atoms with E-state index in [4.69, 9.17) is 4.74 Å². The maximum atomic E-state index is 13.0. The summed E-state index contributed by atoms with van der Waals surface area (Å²) in [5.41, 5.74) is 1.82. The summed E-state index contributed by atoms with van der Waals surface area (Å²) in [6.45, 7) is 0. The van der Waals surface area contributed by atoms with Gasteiger partial charge < -0.3 is 4.74 Å². The second-order valence-electron chi connectivity index (χ2n) is 4.34. The molecule has 0 unspecified atom stereocenters. The van der Waals surface area contributed by atoms with Crippen LogP contribution in [0.4, 0.5) is 4.39 Å². The van der Waals surface area contributed by atoms with Gasteiger partial charge in [-0.25, -0.2) is 4.39 Å². The molecule has 0 aliphatic carbocycles. The van der Waals surface area contributed by atoms with Crippen molar-refractivity contribution < 1.29 is 9.13 Å². The lowest BCUT2D eigenvalue weighted by Gasteiger charge is -2.11. The Kier molecular flexibility index (Phi) is 3.46. The van der Waals surface area contributed by atoms with Gasteiger partial charge in [0.1, 0.15) is 17.3 Å². The van der Waals surface area contributed by atoms with Gasteiger partial charge in [-0.2, -0.15) is 0 Å². The molecule has 3 rings (SSSR count). The summed E-state index contributed by atoms with van der Waals surface area (Å²) in [6.07, 6.45) is 0. The minimum absolute atomic E-state index is 0.248. The maximum Gasteiger partial charge on any atom is 0.135 e. The van der Waals surface area contributed by atoms with E-state index < -0.39 is 0 Å². The number of benzene rings is 3. The Bertz CT molecular complexity index is 690. The van der Waals surface area contributed by atoms with Crippen LogP contribution in [0, 0.1) is 11.9 Å². The van der Waals surface area contributed by atoms with E-state index in [-0.39, 0.29) is 5.82 Å². The molecular weight excluding hydrogens is 251 g/mol. The molecule has 1 radical (unpaired) electrons. The molecule has 0 aliphatic heterocycles. The van der Waals surface area contributed by atoms with E-state index in [1.165, 1.54) is 12.1 Å². The van der Waals surface area contributed by atoms with Crippen molar-refractivity contribution >= 4 is 0 Å². The molecule has 0 N–H and O–H groups in total. The Balaban J connectivity index is 1.98. The van der Waals surface area contributed by atoms with Gasteiger partial charge in [-0.3, -0.25) is 0 Å². The van der Waals surface area contributed by atoms with Crippen LogP contribution in [0.25, 0.3) is 11.1 Å². The normalized spacial score (nSPS) is 10.2. The van der Waals surface area contributed by atoms with Gasteiger partial charge in [0.05, 0.1) is 0 Å². The van der Waals surface area contributed by atoms with E-state index in [2.05, 4.69) is 6.07 Å². The monoisotopic (exact) mass is 263 g/mol. The lowest BCUT2D eigenvalue weighted by Crippen LogP contribution is -1.88. The molecule has 0 heterocycles. The molecule has 20 heavy (non-hydrogen) atoms. The molecule has 0 spiro atoms. The highest BCUT2D eigenvalue weighted by atomic mass is 19.1. The van der Waals surface area contributed by atoms with Gasteiger partial charge >= 0.3 is 0 Å². The molecule has 0 amide bonds. The smallest absolute Gasteiger partial charge is 0.135 e. The fourth-order valence-corrected chi connectivity index (χ4v) is 1.98. The summed E-state index contributed by atoms with van der Waals surface area (Å²) >= 11 is 0. The first-order chi connectivity index (χ1) is 9.83. The molecule has 0 saturated carbocycles. The van der Waals surface area contributed by atoms with Crippen molar-refractivity contribution in [3.8, 4) is 22.6 Å². The molecular formula is C18H12FO. The highest BCUT2D eigenvalue weighted by molar-refractivity contribution is 5.70. The zero-order valence-electron chi connectivity index (χ0n) is 10.7. The van der Waals surface area contributed by atoms with Crippen molar-refractivity contribution in [2.75, 3.05) is 0 Å². The van der Waals surface area contributed by atoms with E-state index in [0.717, 1.165) is 16.9 Å². The van der Waals surface area contributed by atoms with Crippen LogP contribution < -0.4 is 4.74 Å². The van der Waals surface area contributed by atoms with E-state index in [9.17, 15) is 4.39 Å². The topological polar surface area (TPSA) is 9.23 Å². The summed E-state index contributed by atoms with van der Waals surface area (Å²) < 4.78 is 18.9. The molecule has 0 aromatic heterocycles. The Morgan fingerprint density at radius 1 is 0.850 bits per heavy atom. The first-order valence-corrected chi connectivity index (χ1v) is 6.32. The van der Waals surface area contributed by atoms with Gasteiger partial charge in [-0.15, -0.1) is 0 Å². The van der Waals surface area contributed by atoms with Crippen LogP contribution in [-0.2, 0) is 0 Å². The molecule has 0 saturated heterocycles. The average Bonchev–Trinajstić information content (AvgIpc) is 2.50. The van der Waals surface area contributed by atoms with Crippen LogP contribution >= 0.6 is 0 Å². The van der Waals surface area contributed by atoms with E-state index in [1.807, 2.05) is 42.5 Å². The van der Waals surface area contributed by atoms with Crippen LogP contribution in [-0.4, -0.2) is 0 Å². The van der Waals surface area contributed by atoms with Crippen LogP contribution in [0.15, 0.2) is 72.8 Å². The van der Waals surface area contributed by atoms with Gasteiger partial charge in [0.15, 0.2) is 0 Å². The van der Waals surface area contributed by atoms with Gasteiger partial charge in [-0.05, 0) is 42.0 Å². The van der Waals surface area contributed by atoms with Crippen LogP contribution in [0.2, 0.25) is 0 Å². The minimum atomic E-state index is -0.248. The third-order valence-corrected chi connectivity index (χ3v) is 2.95. The van der Waals surface area contributed by atoms with E-state index >= 15 is 0 Å². The van der Waals surface area contributed by atoms with E-state index in [0.29, 0.717) is 5.75 Å². The quantitative estimate of drug-likeness (QED) is 0.640. The van der Waals surface area contributed by atoms with Crippen LogP contribution in [0.3, 0.4) is 0 Å². The van der Waals surface area contributed by atoms with Crippen molar-refractivity contribution in [3.63, 3.8) is 0 Å². The fraction of sp³-hybridized carbons (Fsp3) is 0. The van der Waals surface area contributed by atoms with Gasteiger partial charge in [0.2, 0.25) is 0 Å². The SMILES string of the molecule is Fc1ccc(-c2cc[c]cc2Oc2ccccc2)cc1. The predicted octanol–water partition coefficient (Wildman–Crippen LogP) is 5.09. The highest BCUT2D eigenvalue weighted by Gasteiger charge is 2.06. The maximum absolute atomic E-state index is 13.0. The van der Waals surface area contributed by atoms with Crippen molar-refractivity contribution in [1.82, 2.24) is 0 Å². The number of ether oxygens (including phenoxy) is 1. The summed E-state index contributed by atoms with van der Waals surface area (Å²) in [7, 11) is 0. The molecule has 2 heteroatoms. The van der Waals surface area contributed by atoms with Gasteiger partial charge in [0.25, 0.3) is 0 Å². The number of halogens is 1. The molecule has 0 bridgehead atoms. The molecule has 97 valence electrons. The average molecular weight is 263 g/mol. The highest BCUT2D eigenvalue weighted by Crippen LogP contribution is 2.32. The second kappa shape index (κ2) is 5.57. The standard InChI is InChI=1S/C18H12FO/c19-15-12-10-14(11-13-15)17-8-4-5-9-18(17)20-16-6-2-1-3-7-16/h1-4,6-13H. The summed E-state index contributed by atoms with van der Waals surface area (Å²) in [5, 5.41) is 0. The summed E-state index contributed by atoms with van der Waals surface area (Å²) in [5.74, 6) is 1.21. The number of hydrogen-bond donors (Lipinski definition) is 0. The molecule has 3 aromatic carbocycles. The van der Waals surface area contributed by atoms with Crippen molar-refractivity contribution in [1.29, 1.82) is 0 Å². The first-order valence-electron chi connectivity index (χ1n) is 6.32. The largest absolute Gasteiger partial charge is 0.457 e. The predicted molar refractivity (Wildman–Crippen MR) is 77.2 cm³/mol. The van der Waals surface area contributed by atoms with Crippen LogP contribution in [0.1, 0.15) is 0 Å². The van der Waals surface area contributed by atoms with Gasteiger partial charge in [0, 0.05) is 5.56 Å². The zero-order valence-corrected chi connectivity index (χ0v) is 10.7. The Morgan fingerprint density at radius 3 is 2.35 bits per heavy atom. The zero-order chi connectivity index (χ0) is 13.8. The molecule has 0 fully saturated rings. The van der Waals surface area contributed by atoms with Crippen molar-refractivity contribution in [3.05, 3.63) is 84.7 Å². The fourth-order valence-electron chi connectivity index (χ4n) is 1.98. The Hall–Kier alpha value is -2.61. The summed E-state index contributed by atoms with van der Waals surface area (Å²) in [4.78, 5) is 0. The number of para-hydroxylation sites is 1. The molecule has 0 aliphatic rings. The summed E-state index contributed by atoms with van der Waals surface area (Å²) in [6, 6.07) is 24.4. The third kappa shape index (κ3) is 2.69. The first kappa shape index (κ1) is 12.4. The van der Waals surface area contributed by atoms with Gasteiger partial charge in [-0.1, -0.05) is 42.5 Å². The Morgan fingerprint density at radius 2 is 1.60 bits per heavy atom. The van der Waals surface area contributed by atoms with E-state index in [1.54, 1.807) is 18.2 Å². The minimum Gasteiger partial charge on any atom is -0.457 e. The molecule has 3 aromatic rings. The second-order valence-corrected chi connectivity index (χ2v) is 4.34. The third-order valence-electron chi connectivity index (χ3n) is 2.95.